The van der Waals surface area contributed by atoms with Crippen LogP contribution < -0.4 is 11.2 Å². The third kappa shape index (κ3) is 4.02. The van der Waals surface area contributed by atoms with Crippen molar-refractivity contribution in [3.63, 3.8) is 0 Å². The van der Waals surface area contributed by atoms with E-state index in [9.17, 15) is 9.59 Å². The Balaban J connectivity index is 1.61. The van der Waals surface area contributed by atoms with Crippen molar-refractivity contribution in [1.29, 1.82) is 0 Å². The van der Waals surface area contributed by atoms with Gasteiger partial charge in [0.15, 0.2) is 11.2 Å². The molecule has 2 aromatic carbocycles. The first kappa shape index (κ1) is 20.8. The molecule has 0 amide bonds. The fraction of sp³-hybridized carbons (Fsp3) is 0.320. The summed E-state index contributed by atoms with van der Waals surface area (Å²) in [6.07, 6.45) is 5.09. The fourth-order valence-corrected chi connectivity index (χ4v) is 4.84. The monoisotopic (exact) mass is 448 g/mol. The molecular formula is C25H25ClN4O2. The van der Waals surface area contributed by atoms with Gasteiger partial charge in [0.2, 0.25) is 0 Å². The van der Waals surface area contributed by atoms with Crippen LogP contribution in [0.15, 0.2) is 64.2 Å². The van der Waals surface area contributed by atoms with E-state index in [1.165, 1.54) is 12.8 Å². The van der Waals surface area contributed by atoms with Crippen molar-refractivity contribution in [3.05, 3.63) is 97.4 Å². The number of aromatic amines is 1. The molecule has 4 aromatic rings. The van der Waals surface area contributed by atoms with Crippen molar-refractivity contribution in [3.8, 4) is 0 Å². The highest BCUT2D eigenvalue weighted by Crippen LogP contribution is 2.35. The maximum Gasteiger partial charge on any atom is 0.330 e. The number of aryl methyl sites for hydroxylation is 2. The van der Waals surface area contributed by atoms with Gasteiger partial charge in [-0.2, -0.15) is 0 Å². The van der Waals surface area contributed by atoms with Crippen LogP contribution in [0, 0.1) is 0 Å². The lowest BCUT2D eigenvalue weighted by molar-refractivity contribution is 0.617. The Labute approximate surface area is 190 Å². The summed E-state index contributed by atoms with van der Waals surface area (Å²) in [5.41, 5.74) is 2.33. The number of nitrogens with zero attached hydrogens (tertiary/aromatic N) is 3. The van der Waals surface area contributed by atoms with Crippen molar-refractivity contribution in [2.75, 3.05) is 0 Å². The number of halogens is 1. The first-order valence-electron chi connectivity index (χ1n) is 11.1. The lowest BCUT2D eigenvalue weighted by Crippen LogP contribution is -2.31. The number of fused-ring (bicyclic) bond motifs is 1. The van der Waals surface area contributed by atoms with Gasteiger partial charge in [-0.15, -0.1) is 0 Å². The molecular weight excluding hydrogens is 424 g/mol. The summed E-state index contributed by atoms with van der Waals surface area (Å²) >= 11 is 5.99. The number of imidazole rings is 1. The van der Waals surface area contributed by atoms with Gasteiger partial charge in [-0.05, 0) is 42.5 Å². The lowest BCUT2D eigenvalue weighted by atomic mass is 10.1. The van der Waals surface area contributed by atoms with Crippen LogP contribution >= 0.6 is 11.6 Å². The molecule has 0 unspecified atom stereocenters. The van der Waals surface area contributed by atoms with E-state index in [2.05, 4.69) is 17.1 Å². The maximum atomic E-state index is 13.0. The molecule has 0 radical (unpaired) electrons. The molecule has 0 bridgehead atoms. The molecule has 1 fully saturated rings. The van der Waals surface area contributed by atoms with Crippen LogP contribution in [-0.2, 0) is 19.5 Å². The molecule has 1 aliphatic rings. The second-order valence-electron chi connectivity index (χ2n) is 8.48. The van der Waals surface area contributed by atoms with Gasteiger partial charge >= 0.3 is 5.69 Å². The molecule has 0 atom stereocenters. The second-order valence-corrected chi connectivity index (χ2v) is 8.92. The summed E-state index contributed by atoms with van der Waals surface area (Å²) in [6.45, 7) is 0.988. The molecule has 0 saturated heterocycles. The van der Waals surface area contributed by atoms with E-state index in [1.54, 1.807) is 4.57 Å². The summed E-state index contributed by atoms with van der Waals surface area (Å²) < 4.78 is 3.63. The van der Waals surface area contributed by atoms with Crippen molar-refractivity contribution in [2.45, 2.75) is 51.1 Å². The Morgan fingerprint density at radius 2 is 1.66 bits per heavy atom. The zero-order valence-corrected chi connectivity index (χ0v) is 18.5. The highest BCUT2D eigenvalue weighted by molar-refractivity contribution is 6.30. The van der Waals surface area contributed by atoms with Crippen LogP contribution in [0.3, 0.4) is 0 Å². The van der Waals surface area contributed by atoms with Gasteiger partial charge in [0.1, 0.15) is 5.82 Å². The lowest BCUT2D eigenvalue weighted by Gasteiger charge is -2.13. The van der Waals surface area contributed by atoms with E-state index in [4.69, 9.17) is 16.6 Å². The predicted molar refractivity (Wildman–Crippen MR) is 127 cm³/mol. The first-order valence-corrected chi connectivity index (χ1v) is 11.5. The number of nitrogens with one attached hydrogen (secondary N) is 1. The summed E-state index contributed by atoms with van der Waals surface area (Å²) in [7, 11) is 0. The summed E-state index contributed by atoms with van der Waals surface area (Å²) in [5.74, 6) is 1.23. The van der Waals surface area contributed by atoms with E-state index >= 15 is 0 Å². The topological polar surface area (TPSA) is 72.7 Å². The van der Waals surface area contributed by atoms with E-state index in [0.717, 1.165) is 29.8 Å². The molecule has 2 heterocycles. The van der Waals surface area contributed by atoms with Gasteiger partial charge < -0.3 is 4.57 Å². The average Bonchev–Trinajstić information content (AvgIpc) is 3.44. The Bertz CT molecular complexity index is 1350. The molecule has 6 nitrogen and oxygen atoms in total. The van der Waals surface area contributed by atoms with Crippen LogP contribution in [0.1, 0.15) is 48.6 Å². The standard InChI is InChI=1S/C25H25ClN4O2/c26-20-12-10-17(11-13-20)14-15-29-23-21(24(31)28-25(29)32)30(16-18-6-2-1-3-7-18)22(27-23)19-8-4-5-9-19/h1-3,6-7,10-13,19H,4-5,8-9,14-16H2,(H,28,31,32). The normalized spacial score (nSPS) is 14.4. The van der Waals surface area contributed by atoms with Crippen molar-refractivity contribution < 1.29 is 0 Å². The van der Waals surface area contributed by atoms with Gasteiger partial charge in [0.25, 0.3) is 5.56 Å². The number of H-pyrrole nitrogens is 1. The number of rotatable bonds is 6. The summed E-state index contributed by atoms with van der Waals surface area (Å²) in [6, 6.07) is 17.7. The minimum absolute atomic E-state index is 0.310. The smallest absolute Gasteiger partial charge is 0.317 e. The van der Waals surface area contributed by atoms with Crippen LogP contribution in [0.25, 0.3) is 11.2 Å². The zero-order chi connectivity index (χ0) is 22.1. The Hall–Kier alpha value is -3.12. The molecule has 164 valence electrons. The molecule has 7 heteroatoms. The number of benzene rings is 2. The number of hydrogen-bond donors (Lipinski definition) is 1. The Morgan fingerprint density at radius 1 is 0.938 bits per heavy atom. The SMILES string of the molecule is O=c1[nH]c(=O)n(CCc2ccc(Cl)cc2)c2nc(C3CCCC3)n(Cc3ccccc3)c12. The van der Waals surface area contributed by atoms with Crippen LogP contribution in [0.5, 0.6) is 0 Å². The third-order valence-electron chi connectivity index (χ3n) is 6.36. The molecule has 32 heavy (non-hydrogen) atoms. The van der Waals surface area contributed by atoms with E-state index in [0.29, 0.717) is 41.6 Å². The quantitative estimate of drug-likeness (QED) is 0.472. The molecule has 1 N–H and O–H groups in total. The van der Waals surface area contributed by atoms with Crippen molar-refractivity contribution >= 4 is 22.8 Å². The van der Waals surface area contributed by atoms with Gasteiger partial charge in [0, 0.05) is 24.0 Å². The van der Waals surface area contributed by atoms with Gasteiger partial charge in [-0.1, -0.05) is 66.9 Å². The van der Waals surface area contributed by atoms with E-state index in [1.807, 2.05) is 47.0 Å². The van der Waals surface area contributed by atoms with Crippen LogP contribution in [0.4, 0.5) is 0 Å². The number of hydrogen-bond acceptors (Lipinski definition) is 3. The predicted octanol–water partition coefficient (Wildman–Crippen LogP) is 4.49. The highest BCUT2D eigenvalue weighted by atomic mass is 35.5. The fourth-order valence-electron chi connectivity index (χ4n) is 4.71. The highest BCUT2D eigenvalue weighted by Gasteiger charge is 2.26. The largest absolute Gasteiger partial charge is 0.330 e. The first-order chi connectivity index (χ1) is 15.6. The van der Waals surface area contributed by atoms with Crippen LogP contribution in [-0.4, -0.2) is 19.1 Å². The van der Waals surface area contributed by atoms with E-state index < -0.39 is 5.69 Å². The zero-order valence-electron chi connectivity index (χ0n) is 17.8. The number of aromatic nitrogens is 4. The Morgan fingerprint density at radius 3 is 2.38 bits per heavy atom. The molecule has 1 aliphatic carbocycles. The van der Waals surface area contributed by atoms with Gasteiger partial charge in [-0.3, -0.25) is 14.3 Å². The summed E-state index contributed by atoms with van der Waals surface area (Å²) in [5, 5.41) is 0.679. The molecule has 1 saturated carbocycles. The minimum atomic E-state index is -0.418. The third-order valence-corrected chi connectivity index (χ3v) is 6.61. The van der Waals surface area contributed by atoms with E-state index in [-0.39, 0.29) is 5.56 Å². The molecule has 0 aliphatic heterocycles. The molecule has 5 rings (SSSR count). The minimum Gasteiger partial charge on any atom is -0.317 e. The Kier molecular flexibility index (Phi) is 5.70. The average molecular weight is 449 g/mol. The van der Waals surface area contributed by atoms with Crippen molar-refractivity contribution in [2.24, 2.45) is 0 Å². The molecule has 2 aromatic heterocycles. The second kappa shape index (κ2) is 8.79. The maximum absolute atomic E-state index is 13.0. The van der Waals surface area contributed by atoms with Crippen molar-refractivity contribution in [1.82, 2.24) is 19.1 Å². The molecule has 0 spiro atoms. The summed E-state index contributed by atoms with van der Waals surface area (Å²) in [4.78, 5) is 33.2. The van der Waals surface area contributed by atoms with Gasteiger partial charge in [-0.25, -0.2) is 9.78 Å². The van der Waals surface area contributed by atoms with Crippen LogP contribution in [0.2, 0.25) is 5.02 Å². The van der Waals surface area contributed by atoms with Gasteiger partial charge in [0.05, 0.1) is 0 Å².